The molecular formula is C17H21N3O2S. The average Bonchev–Trinajstić information content (AvgIpc) is 2.78. The van der Waals surface area contributed by atoms with E-state index in [2.05, 4.69) is 9.97 Å². The van der Waals surface area contributed by atoms with Gasteiger partial charge in [-0.2, -0.15) is 0 Å². The number of hydrogen-bond donors (Lipinski definition) is 0. The number of hydrogen-bond acceptors (Lipinski definition) is 5. The van der Waals surface area contributed by atoms with Crippen LogP contribution in [0.4, 0.5) is 0 Å². The average molecular weight is 331 g/mol. The lowest BCUT2D eigenvalue weighted by atomic mass is 10.2. The van der Waals surface area contributed by atoms with Crippen LogP contribution in [-0.4, -0.2) is 33.9 Å². The van der Waals surface area contributed by atoms with Gasteiger partial charge in [-0.15, -0.1) is 11.3 Å². The Morgan fingerprint density at radius 2 is 2.09 bits per heavy atom. The van der Waals surface area contributed by atoms with Crippen LogP contribution >= 0.6 is 11.3 Å². The molecule has 1 aliphatic heterocycles. The van der Waals surface area contributed by atoms with Crippen LogP contribution in [0.15, 0.2) is 24.5 Å². The minimum Gasteiger partial charge on any atom is -0.485 e. The van der Waals surface area contributed by atoms with Gasteiger partial charge in [-0.25, -0.2) is 4.98 Å². The first-order chi connectivity index (χ1) is 11.2. The van der Waals surface area contributed by atoms with Crippen molar-refractivity contribution in [3.8, 4) is 5.75 Å². The van der Waals surface area contributed by atoms with Crippen molar-refractivity contribution in [3.05, 3.63) is 40.1 Å². The van der Waals surface area contributed by atoms with Gasteiger partial charge in [0.2, 0.25) is 0 Å². The number of carbonyl (C=O) groups is 1. The monoisotopic (exact) mass is 331 g/mol. The number of nitrogens with zero attached hydrogens (tertiary/aromatic N) is 3. The number of aromatic nitrogens is 2. The summed E-state index contributed by atoms with van der Waals surface area (Å²) < 4.78 is 5.67. The van der Waals surface area contributed by atoms with E-state index in [4.69, 9.17) is 4.74 Å². The first-order valence-corrected chi connectivity index (χ1v) is 8.84. The molecule has 2 aromatic rings. The molecular weight excluding hydrogens is 310 g/mol. The van der Waals surface area contributed by atoms with Gasteiger partial charge in [0.15, 0.2) is 0 Å². The van der Waals surface area contributed by atoms with Crippen molar-refractivity contribution in [2.75, 3.05) is 13.1 Å². The summed E-state index contributed by atoms with van der Waals surface area (Å²) in [7, 11) is 0. The molecule has 0 atom stereocenters. The smallest absolute Gasteiger partial charge is 0.265 e. The standard InChI is InChI=1S/C17H21N3O2S/c1-13-16(17(21)20-9-4-2-3-5-10-20)23-15(19-13)12-22-14-7-6-8-18-11-14/h6-8,11H,2-5,9-10,12H2,1H3. The Labute approximate surface area is 140 Å². The number of aryl methyl sites for hydroxylation is 1. The highest BCUT2D eigenvalue weighted by atomic mass is 32.1. The lowest BCUT2D eigenvalue weighted by molar-refractivity contribution is 0.0765. The summed E-state index contributed by atoms with van der Waals surface area (Å²) in [6, 6.07) is 3.69. The number of pyridine rings is 1. The molecule has 0 radical (unpaired) electrons. The van der Waals surface area contributed by atoms with Crippen molar-refractivity contribution in [1.29, 1.82) is 0 Å². The van der Waals surface area contributed by atoms with Gasteiger partial charge in [-0.1, -0.05) is 12.8 Å². The molecule has 0 aliphatic carbocycles. The van der Waals surface area contributed by atoms with Crippen molar-refractivity contribution < 1.29 is 9.53 Å². The highest BCUT2D eigenvalue weighted by molar-refractivity contribution is 7.13. The van der Waals surface area contributed by atoms with Crippen molar-refractivity contribution in [3.63, 3.8) is 0 Å². The summed E-state index contributed by atoms with van der Waals surface area (Å²) >= 11 is 1.44. The van der Waals surface area contributed by atoms with Crippen molar-refractivity contribution in [1.82, 2.24) is 14.9 Å². The second kappa shape index (κ2) is 7.55. The Morgan fingerprint density at radius 3 is 2.78 bits per heavy atom. The van der Waals surface area contributed by atoms with Gasteiger partial charge >= 0.3 is 0 Å². The van der Waals surface area contributed by atoms with E-state index in [9.17, 15) is 4.79 Å². The number of ether oxygens (including phenoxy) is 1. The predicted molar refractivity (Wildman–Crippen MR) is 89.8 cm³/mol. The molecule has 0 unspecified atom stereocenters. The van der Waals surface area contributed by atoms with E-state index in [1.165, 1.54) is 24.2 Å². The molecule has 5 nitrogen and oxygen atoms in total. The van der Waals surface area contributed by atoms with Gasteiger partial charge < -0.3 is 9.64 Å². The zero-order valence-corrected chi connectivity index (χ0v) is 14.1. The molecule has 3 heterocycles. The quantitative estimate of drug-likeness (QED) is 0.861. The Hall–Kier alpha value is -1.95. The number of rotatable bonds is 4. The maximum Gasteiger partial charge on any atom is 0.265 e. The van der Waals surface area contributed by atoms with E-state index in [1.54, 1.807) is 12.4 Å². The van der Waals surface area contributed by atoms with E-state index in [0.717, 1.165) is 41.5 Å². The van der Waals surface area contributed by atoms with E-state index in [-0.39, 0.29) is 5.91 Å². The summed E-state index contributed by atoms with van der Waals surface area (Å²) in [5.74, 6) is 0.829. The minimum absolute atomic E-state index is 0.120. The van der Waals surface area contributed by atoms with E-state index in [1.807, 2.05) is 24.0 Å². The topological polar surface area (TPSA) is 55.3 Å². The lowest BCUT2D eigenvalue weighted by Gasteiger charge is -2.19. The molecule has 1 saturated heterocycles. The third-order valence-corrected chi connectivity index (χ3v) is 5.04. The van der Waals surface area contributed by atoms with E-state index < -0.39 is 0 Å². The first-order valence-electron chi connectivity index (χ1n) is 8.02. The molecule has 1 amide bonds. The van der Waals surface area contributed by atoms with Gasteiger partial charge in [0, 0.05) is 19.3 Å². The molecule has 0 N–H and O–H groups in total. The van der Waals surface area contributed by atoms with Crippen LogP contribution in [0.3, 0.4) is 0 Å². The Balaban J connectivity index is 1.66. The third-order valence-electron chi connectivity index (χ3n) is 3.93. The fourth-order valence-corrected chi connectivity index (χ4v) is 3.65. The van der Waals surface area contributed by atoms with Crippen molar-refractivity contribution in [2.45, 2.75) is 39.2 Å². The zero-order valence-electron chi connectivity index (χ0n) is 13.3. The van der Waals surface area contributed by atoms with Crippen LogP contribution in [-0.2, 0) is 6.61 Å². The molecule has 0 spiro atoms. The Kier molecular flexibility index (Phi) is 5.23. The maximum atomic E-state index is 12.7. The van der Waals surface area contributed by atoms with Crippen LogP contribution in [0.5, 0.6) is 5.75 Å². The number of amides is 1. The molecule has 23 heavy (non-hydrogen) atoms. The molecule has 1 fully saturated rings. The molecule has 122 valence electrons. The van der Waals surface area contributed by atoms with Gasteiger partial charge in [0.1, 0.15) is 22.2 Å². The molecule has 3 rings (SSSR count). The second-order valence-corrected chi connectivity index (χ2v) is 6.79. The Morgan fingerprint density at radius 1 is 1.30 bits per heavy atom. The maximum absolute atomic E-state index is 12.7. The van der Waals surface area contributed by atoms with Crippen LogP contribution in [0, 0.1) is 6.92 Å². The lowest BCUT2D eigenvalue weighted by Crippen LogP contribution is -2.31. The molecule has 1 aliphatic rings. The molecule has 2 aromatic heterocycles. The van der Waals surface area contributed by atoms with Crippen molar-refractivity contribution >= 4 is 17.2 Å². The SMILES string of the molecule is Cc1nc(COc2cccnc2)sc1C(=O)N1CCCCCC1. The first kappa shape index (κ1) is 15.9. The molecule has 0 bridgehead atoms. The number of carbonyl (C=O) groups excluding carboxylic acids is 1. The van der Waals surface area contributed by atoms with E-state index >= 15 is 0 Å². The van der Waals surface area contributed by atoms with Gasteiger partial charge in [0.25, 0.3) is 5.91 Å². The number of likely N-dealkylation sites (tertiary alicyclic amines) is 1. The Bertz CT molecular complexity index is 649. The van der Waals surface area contributed by atoms with Crippen LogP contribution in [0.2, 0.25) is 0 Å². The molecule has 0 saturated carbocycles. The van der Waals surface area contributed by atoms with Gasteiger partial charge in [0.05, 0.1) is 11.9 Å². The summed E-state index contributed by atoms with van der Waals surface area (Å²) in [4.78, 5) is 23.9. The molecule has 6 heteroatoms. The minimum atomic E-state index is 0.120. The van der Waals surface area contributed by atoms with E-state index in [0.29, 0.717) is 12.4 Å². The largest absolute Gasteiger partial charge is 0.485 e. The molecule has 0 aromatic carbocycles. The highest BCUT2D eigenvalue weighted by Gasteiger charge is 2.22. The summed E-state index contributed by atoms with van der Waals surface area (Å²) in [6.07, 6.45) is 8.01. The second-order valence-electron chi connectivity index (χ2n) is 5.71. The summed E-state index contributed by atoms with van der Waals surface area (Å²) in [6.45, 7) is 3.98. The zero-order chi connectivity index (χ0) is 16.1. The third kappa shape index (κ3) is 4.07. The van der Waals surface area contributed by atoms with Crippen LogP contribution < -0.4 is 4.74 Å². The van der Waals surface area contributed by atoms with Crippen LogP contribution in [0.1, 0.15) is 46.1 Å². The normalized spacial score (nSPS) is 15.3. The van der Waals surface area contributed by atoms with Crippen LogP contribution in [0.25, 0.3) is 0 Å². The van der Waals surface area contributed by atoms with Gasteiger partial charge in [-0.05, 0) is 31.9 Å². The fourth-order valence-electron chi connectivity index (χ4n) is 2.71. The van der Waals surface area contributed by atoms with Crippen molar-refractivity contribution in [2.24, 2.45) is 0 Å². The highest BCUT2D eigenvalue weighted by Crippen LogP contribution is 2.23. The summed E-state index contributed by atoms with van der Waals surface area (Å²) in [5, 5.41) is 0.824. The fraction of sp³-hybridized carbons (Fsp3) is 0.471. The predicted octanol–water partition coefficient (Wildman–Crippen LogP) is 3.44. The summed E-state index contributed by atoms with van der Waals surface area (Å²) in [5.41, 5.74) is 0.800. The number of thiazole rings is 1. The van der Waals surface area contributed by atoms with Gasteiger partial charge in [-0.3, -0.25) is 9.78 Å².